The van der Waals surface area contributed by atoms with Gasteiger partial charge in [-0.2, -0.15) is 5.10 Å². The van der Waals surface area contributed by atoms with Gasteiger partial charge >= 0.3 is 0 Å². The second-order valence-electron chi connectivity index (χ2n) is 5.79. The summed E-state index contributed by atoms with van der Waals surface area (Å²) < 4.78 is 1.60. The Labute approximate surface area is 151 Å². The molecule has 0 unspecified atom stereocenters. The first-order chi connectivity index (χ1) is 12.6. The lowest BCUT2D eigenvalue weighted by atomic mass is 10.2. The minimum Gasteiger partial charge on any atom is -0.383 e. The van der Waals surface area contributed by atoms with Gasteiger partial charge in [0.05, 0.1) is 5.69 Å². The van der Waals surface area contributed by atoms with Crippen LogP contribution in [0.15, 0.2) is 71.5 Å². The number of aromatic nitrogens is 2. The van der Waals surface area contributed by atoms with Gasteiger partial charge in [-0.25, -0.2) is 4.68 Å². The number of carbonyl (C=O) groups excluding carboxylic acids is 1. The van der Waals surface area contributed by atoms with Gasteiger partial charge in [-0.15, -0.1) is 0 Å². The fraction of sp³-hybridized carbons (Fsp3) is 0.150. The van der Waals surface area contributed by atoms with E-state index in [1.54, 1.807) is 11.6 Å². The number of aryl methyl sites for hydroxylation is 1. The lowest BCUT2D eigenvalue weighted by molar-refractivity contribution is 0.0947. The summed E-state index contributed by atoms with van der Waals surface area (Å²) in [6, 6.07) is 20.5. The molecule has 1 aromatic heterocycles. The molecule has 132 valence electrons. The maximum atomic E-state index is 12.4. The van der Waals surface area contributed by atoms with Gasteiger partial charge in [0.15, 0.2) is 5.69 Å². The molecule has 2 aromatic carbocycles. The number of nitrogens with one attached hydrogen (secondary N) is 2. The fourth-order valence-electron chi connectivity index (χ4n) is 2.56. The van der Waals surface area contributed by atoms with E-state index < -0.39 is 5.91 Å². The van der Waals surface area contributed by atoms with Crippen LogP contribution in [0.4, 0.5) is 5.69 Å². The van der Waals surface area contributed by atoms with Crippen LogP contribution >= 0.6 is 0 Å². The predicted molar refractivity (Wildman–Crippen MR) is 102 cm³/mol. The molecular formula is C20H20N4O2. The van der Waals surface area contributed by atoms with Crippen LogP contribution in [0.2, 0.25) is 0 Å². The highest BCUT2D eigenvalue weighted by atomic mass is 16.2. The van der Waals surface area contributed by atoms with Gasteiger partial charge in [-0.05, 0) is 31.2 Å². The third-order valence-corrected chi connectivity index (χ3v) is 3.84. The largest absolute Gasteiger partial charge is 0.383 e. The number of rotatable bonds is 6. The zero-order valence-electron chi connectivity index (χ0n) is 14.5. The monoisotopic (exact) mass is 348 g/mol. The van der Waals surface area contributed by atoms with Crippen molar-refractivity contribution in [2.45, 2.75) is 6.92 Å². The highest BCUT2D eigenvalue weighted by Crippen LogP contribution is 2.08. The topological polar surface area (TPSA) is 76.0 Å². The van der Waals surface area contributed by atoms with Crippen molar-refractivity contribution in [1.29, 1.82) is 0 Å². The van der Waals surface area contributed by atoms with E-state index in [9.17, 15) is 9.59 Å². The van der Waals surface area contributed by atoms with Crippen LogP contribution in [0.5, 0.6) is 0 Å². The zero-order valence-corrected chi connectivity index (χ0v) is 14.5. The molecular weight excluding hydrogens is 328 g/mol. The van der Waals surface area contributed by atoms with Crippen molar-refractivity contribution in [3.8, 4) is 5.69 Å². The summed E-state index contributed by atoms with van der Waals surface area (Å²) in [7, 11) is 0. The van der Waals surface area contributed by atoms with Crippen LogP contribution in [0.25, 0.3) is 5.69 Å². The summed E-state index contributed by atoms with van der Waals surface area (Å²) in [6.45, 7) is 2.72. The molecule has 6 nitrogen and oxygen atoms in total. The van der Waals surface area contributed by atoms with Crippen molar-refractivity contribution in [2.24, 2.45) is 0 Å². The Bertz CT molecular complexity index is 937. The number of hydrogen-bond acceptors (Lipinski definition) is 4. The minimum atomic E-state index is -0.477. The number of benzene rings is 2. The maximum absolute atomic E-state index is 12.4. The Hall–Kier alpha value is -3.41. The lowest BCUT2D eigenvalue weighted by Crippen LogP contribution is -2.34. The second kappa shape index (κ2) is 8.11. The van der Waals surface area contributed by atoms with Crippen LogP contribution < -0.4 is 16.1 Å². The van der Waals surface area contributed by atoms with E-state index in [2.05, 4.69) is 15.7 Å². The number of nitrogens with zero attached hydrogens (tertiary/aromatic N) is 2. The molecule has 0 spiro atoms. The van der Waals surface area contributed by atoms with Crippen molar-refractivity contribution in [3.63, 3.8) is 0 Å². The van der Waals surface area contributed by atoms with Crippen LogP contribution in [0, 0.1) is 6.92 Å². The predicted octanol–water partition coefficient (Wildman–Crippen LogP) is 2.38. The number of anilines is 1. The number of amides is 1. The molecule has 26 heavy (non-hydrogen) atoms. The number of para-hydroxylation sites is 2. The Morgan fingerprint density at radius 2 is 1.65 bits per heavy atom. The molecule has 0 fully saturated rings. The lowest BCUT2D eigenvalue weighted by Gasteiger charge is -2.11. The third kappa shape index (κ3) is 4.16. The molecule has 0 bridgehead atoms. The van der Waals surface area contributed by atoms with Crippen molar-refractivity contribution in [2.75, 3.05) is 18.4 Å². The van der Waals surface area contributed by atoms with E-state index in [-0.39, 0.29) is 11.1 Å². The Morgan fingerprint density at radius 1 is 1.00 bits per heavy atom. The van der Waals surface area contributed by atoms with E-state index in [4.69, 9.17) is 0 Å². The molecule has 0 saturated carbocycles. The molecule has 6 heteroatoms. The minimum absolute atomic E-state index is 0.112. The standard InChI is InChI=1S/C20H20N4O2/c1-15-14-18(25)19(23-24(15)17-10-6-3-7-11-17)20(26)22-13-12-21-16-8-4-2-5-9-16/h2-11,14,21H,12-13H2,1H3,(H,22,26). The summed E-state index contributed by atoms with van der Waals surface area (Å²) in [5.74, 6) is -0.477. The first-order valence-corrected chi connectivity index (χ1v) is 8.38. The molecule has 0 aliphatic carbocycles. The van der Waals surface area contributed by atoms with Gasteiger partial charge in [-0.3, -0.25) is 9.59 Å². The third-order valence-electron chi connectivity index (χ3n) is 3.84. The quantitative estimate of drug-likeness (QED) is 0.671. The van der Waals surface area contributed by atoms with Gasteiger partial charge in [0.1, 0.15) is 0 Å². The van der Waals surface area contributed by atoms with Crippen molar-refractivity contribution in [1.82, 2.24) is 15.1 Å². The Balaban J connectivity index is 1.68. The van der Waals surface area contributed by atoms with E-state index in [1.807, 2.05) is 60.7 Å². The normalized spacial score (nSPS) is 10.3. The molecule has 1 amide bonds. The molecule has 3 aromatic rings. The highest BCUT2D eigenvalue weighted by Gasteiger charge is 2.14. The van der Waals surface area contributed by atoms with Crippen LogP contribution in [-0.4, -0.2) is 28.8 Å². The first kappa shape index (κ1) is 17.4. The van der Waals surface area contributed by atoms with Crippen molar-refractivity contribution >= 4 is 11.6 Å². The molecule has 0 radical (unpaired) electrons. The van der Waals surface area contributed by atoms with Crippen molar-refractivity contribution in [3.05, 3.63) is 88.3 Å². The van der Waals surface area contributed by atoms with Gasteiger partial charge in [0.2, 0.25) is 5.43 Å². The SMILES string of the molecule is Cc1cc(=O)c(C(=O)NCCNc2ccccc2)nn1-c1ccccc1. The fourth-order valence-corrected chi connectivity index (χ4v) is 2.56. The van der Waals surface area contributed by atoms with Crippen LogP contribution in [-0.2, 0) is 0 Å². The average molecular weight is 348 g/mol. The van der Waals surface area contributed by atoms with Crippen LogP contribution in [0.3, 0.4) is 0 Å². The summed E-state index contributed by atoms with van der Waals surface area (Å²) in [4.78, 5) is 24.5. The summed E-state index contributed by atoms with van der Waals surface area (Å²) in [5, 5.41) is 10.2. The molecule has 3 rings (SSSR count). The van der Waals surface area contributed by atoms with Crippen LogP contribution in [0.1, 0.15) is 16.2 Å². The molecule has 0 aliphatic rings. The number of carbonyl (C=O) groups is 1. The van der Waals surface area contributed by atoms with Gasteiger partial charge in [0.25, 0.3) is 5.91 Å². The first-order valence-electron chi connectivity index (χ1n) is 8.38. The smallest absolute Gasteiger partial charge is 0.275 e. The van der Waals surface area contributed by atoms with Gasteiger partial charge < -0.3 is 10.6 Å². The van der Waals surface area contributed by atoms with E-state index in [0.717, 1.165) is 11.4 Å². The summed E-state index contributed by atoms with van der Waals surface area (Å²) >= 11 is 0. The molecule has 1 heterocycles. The average Bonchev–Trinajstić information content (AvgIpc) is 2.67. The molecule has 2 N–H and O–H groups in total. The maximum Gasteiger partial charge on any atom is 0.275 e. The molecule has 0 atom stereocenters. The second-order valence-corrected chi connectivity index (χ2v) is 5.79. The summed E-state index contributed by atoms with van der Waals surface area (Å²) in [5.41, 5.74) is 1.94. The van der Waals surface area contributed by atoms with Crippen molar-refractivity contribution < 1.29 is 4.79 Å². The Kier molecular flexibility index (Phi) is 5.43. The zero-order chi connectivity index (χ0) is 18.4. The molecule has 0 aliphatic heterocycles. The van der Waals surface area contributed by atoms with Gasteiger partial charge in [0, 0.05) is 30.5 Å². The van der Waals surface area contributed by atoms with E-state index in [1.165, 1.54) is 6.07 Å². The highest BCUT2D eigenvalue weighted by molar-refractivity contribution is 5.92. The van der Waals surface area contributed by atoms with E-state index in [0.29, 0.717) is 18.8 Å². The number of hydrogen-bond donors (Lipinski definition) is 2. The summed E-state index contributed by atoms with van der Waals surface area (Å²) in [6.07, 6.45) is 0. The van der Waals surface area contributed by atoms with E-state index >= 15 is 0 Å². The Morgan fingerprint density at radius 3 is 2.35 bits per heavy atom. The van der Waals surface area contributed by atoms with Gasteiger partial charge in [-0.1, -0.05) is 36.4 Å². The molecule has 0 saturated heterocycles.